The maximum atomic E-state index is 13.0. The Morgan fingerprint density at radius 2 is 1.41 bits per heavy atom. The van der Waals surface area contributed by atoms with Crippen LogP contribution in [0, 0.1) is 0 Å². The number of piperidine rings is 1. The third-order valence-electron chi connectivity index (χ3n) is 8.45. The Balaban J connectivity index is 1.04. The maximum Gasteiger partial charge on any atom is 0.258 e. The molecule has 3 heterocycles. The molecule has 1 unspecified atom stereocenters. The number of amides is 3. The van der Waals surface area contributed by atoms with E-state index in [0.717, 1.165) is 31.6 Å². The topological polar surface area (TPSA) is 96.4 Å². The fourth-order valence-corrected chi connectivity index (χ4v) is 5.88. The number of anilines is 1. The van der Waals surface area contributed by atoms with Gasteiger partial charge >= 0.3 is 0 Å². The van der Waals surface area contributed by atoms with Gasteiger partial charge in [-0.15, -0.1) is 0 Å². The van der Waals surface area contributed by atoms with Gasteiger partial charge in [0.05, 0.1) is 6.04 Å². The molecule has 3 fully saturated rings. The SMILES string of the molecule is CC(=O)N1CCN(C(=O)c2ccc(NC3CN(C4CCN(C(=O)C(C)(O)c5ccccc5)CC4)C3)cc2)CC1. The number of hydrogen-bond acceptors (Lipinski definition) is 6. The van der Waals surface area contributed by atoms with E-state index in [1.165, 1.54) is 0 Å². The van der Waals surface area contributed by atoms with Crippen molar-refractivity contribution in [2.45, 2.75) is 44.4 Å². The minimum Gasteiger partial charge on any atom is -0.380 e. The summed E-state index contributed by atoms with van der Waals surface area (Å²) in [6, 6.07) is 17.6. The fraction of sp³-hybridized carbons (Fsp3) is 0.500. The fourth-order valence-electron chi connectivity index (χ4n) is 5.88. The van der Waals surface area contributed by atoms with Gasteiger partial charge in [-0.25, -0.2) is 0 Å². The number of piperazine rings is 1. The van der Waals surface area contributed by atoms with Crippen molar-refractivity contribution in [1.29, 1.82) is 0 Å². The Labute approximate surface area is 230 Å². The number of benzene rings is 2. The van der Waals surface area contributed by atoms with E-state index in [1.54, 1.807) is 35.8 Å². The van der Waals surface area contributed by atoms with Gasteiger partial charge in [0.25, 0.3) is 11.8 Å². The molecule has 2 aromatic carbocycles. The molecular weight excluding hydrogens is 494 g/mol. The monoisotopic (exact) mass is 533 g/mol. The quantitative estimate of drug-likeness (QED) is 0.590. The summed E-state index contributed by atoms with van der Waals surface area (Å²) < 4.78 is 0. The van der Waals surface area contributed by atoms with Crippen LogP contribution in [0.3, 0.4) is 0 Å². The van der Waals surface area contributed by atoms with Crippen LogP contribution in [0.15, 0.2) is 54.6 Å². The Morgan fingerprint density at radius 1 is 0.821 bits per heavy atom. The lowest BCUT2D eigenvalue weighted by atomic mass is 9.92. The van der Waals surface area contributed by atoms with Gasteiger partial charge in [-0.1, -0.05) is 30.3 Å². The lowest BCUT2D eigenvalue weighted by Gasteiger charge is -2.48. The summed E-state index contributed by atoms with van der Waals surface area (Å²) in [6.07, 6.45) is 1.81. The molecule has 0 saturated carbocycles. The first-order valence-corrected chi connectivity index (χ1v) is 13.9. The third kappa shape index (κ3) is 5.94. The van der Waals surface area contributed by atoms with Gasteiger partial charge in [-0.3, -0.25) is 19.3 Å². The van der Waals surface area contributed by atoms with Gasteiger partial charge in [0.2, 0.25) is 5.91 Å². The number of likely N-dealkylation sites (tertiary alicyclic amines) is 2. The van der Waals surface area contributed by atoms with Gasteiger partial charge in [0.15, 0.2) is 5.60 Å². The molecule has 0 aromatic heterocycles. The molecule has 5 rings (SSSR count). The highest BCUT2D eigenvalue weighted by atomic mass is 16.3. The van der Waals surface area contributed by atoms with Crippen molar-refractivity contribution >= 4 is 23.4 Å². The largest absolute Gasteiger partial charge is 0.380 e. The molecular formula is C30H39N5O4. The molecule has 3 saturated heterocycles. The van der Waals surface area contributed by atoms with E-state index in [0.29, 0.717) is 62.5 Å². The van der Waals surface area contributed by atoms with Crippen molar-refractivity contribution in [1.82, 2.24) is 19.6 Å². The zero-order valence-corrected chi connectivity index (χ0v) is 22.9. The van der Waals surface area contributed by atoms with Gasteiger partial charge in [0.1, 0.15) is 0 Å². The highest BCUT2D eigenvalue weighted by Crippen LogP contribution is 2.28. The molecule has 0 aliphatic carbocycles. The zero-order chi connectivity index (χ0) is 27.6. The van der Waals surface area contributed by atoms with Crippen LogP contribution in [0.25, 0.3) is 0 Å². The summed E-state index contributed by atoms with van der Waals surface area (Å²) in [4.78, 5) is 45.3. The van der Waals surface area contributed by atoms with Crippen molar-refractivity contribution in [3.05, 3.63) is 65.7 Å². The second kappa shape index (κ2) is 11.4. The van der Waals surface area contributed by atoms with Crippen LogP contribution < -0.4 is 5.32 Å². The van der Waals surface area contributed by atoms with Crippen LogP contribution in [0.1, 0.15) is 42.6 Å². The predicted octanol–water partition coefficient (Wildman–Crippen LogP) is 1.99. The molecule has 3 aliphatic heterocycles. The van der Waals surface area contributed by atoms with E-state index < -0.39 is 5.60 Å². The number of nitrogens with zero attached hydrogens (tertiary/aromatic N) is 4. The summed E-state index contributed by atoms with van der Waals surface area (Å²) in [5.41, 5.74) is 0.782. The second-order valence-electron chi connectivity index (χ2n) is 11.1. The molecule has 0 spiro atoms. The number of rotatable bonds is 6. The lowest BCUT2D eigenvalue weighted by molar-refractivity contribution is -0.152. The first kappa shape index (κ1) is 27.1. The van der Waals surface area contributed by atoms with E-state index in [-0.39, 0.29) is 17.7 Å². The van der Waals surface area contributed by atoms with E-state index in [9.17, 15) is 19.5 Å². The molecule has 9 heteroatoms. The third-order valence-corrected chi connectivity index (χ3v) is 8.45. The van der Waals surface area contributed by atoms with Crippen molar-refractivity contribution in [3.8, 4) is 0 Å². The average Bonchev–Trinajstić information content (AvgIpc) is 2.95. The normalized spacial score (nSPS) is 20.7. The van der Waals surface area contributed by atoms with Crippen LogP contribution in [0.4, 0.5) is 5.69 Å². The van der Waals surface area contributed by atoms with Gasteiger partial charge in [0, 0.05) is 76.6 Å². The second-order valence-corrected chi connectivity index (χ2v) is 11.1. The first-order chi connectivity index (χ1) is 18.7. The minimum atomic E-state index is -1.51. The van der Waals surface area contributed by atoms with E-state index in [2.05, 4.69) is 10.2 Å². The van der Waals surface area contributed by atoms with E-state index in [4.69, 9.17) is 0 Å². The van der Waals surface area contributed by atoms with Crippen LogP contribution in [0.5, 0.6) is 0 Å². The summed E-state index contributed by atoms with van der Waals surface area (Å²) in [6.45, 7) is 8.65. The molecule has 3 aliphatic rings. The molecule has 208 valence electrons. The Morgan fingerprint density at radius 3 is 2.00 bits per heavy atom. The molecule has 0 bridgehead atoms. The summed E-state index contributed by atoms with van der Waals surface area (Å²) in [5.74, 6) is -0.161. The van der Waals surface area contributed by atoms with E-state index >= 15 is 0 Å². The van der Waals surface area contributed by atoms with E-state index in [1.807, 2.05) is 47.4 Å². The first-order valence-electron chi connectivity index (χ1n) is 13.9. The lowest BCUT2D eigenvalue weighted by Crippen LogP contribution is -2.61. The average molecular weight is 534 g/mol. The summed E-state index contributed by atoms with van der Waals surface area (Å²) in [7, 11) is 0. The van der Waals surface area contributed by atoms with Gasteiger partial charge < -0.3 is 25.1 Å². The maximum absolute atomic E-state index is 13.0. The molecule has 2 aromatic rings. The van der Waals surface area contributed by atoms with Crippen molar-refractivity contribution in [2.24, 2.45) is 0 Å². The minimum absolute atomic E-state index is 0.00896. The van der Waals surface area contributed by atoms with Gasteiger partial charge in [-0.2, -0.15) is 0 Å². The number of carbonyl (C=O) groups is 3. The number of nitrogens with one attached hydrogen (secondary N) is 1. The number of aliphatic hydroxyl groups is 1. The molecule has 2 N–H and O–H groups in total. The molecule has 39 heavy (non-hydrogen) atoms. The Kier molecular flexibility index (Phi) is 7.91. The Bertz CT molecular complexity index is 1160. The summed E-state index contributed by atoms with van der Waals surface area (Å²) in [5, 5.41) is 14.5. The highest BCUT2D eigenvalue weighted by molar-refractivity contribution is 5.94. The highest BCUT2D eigenvalue weighted by Gasteiger charge is 2.40. The zero-order valence-electron chi connectivity index (χ0n) is 22.9. The molecule has 3 amide bonds. The molecule has 0 radical (unpaired) electrons. The van der Waals surface area contributed by atoms with Crippen LogP contribution in [-0.4, -0.2) is 107 Å². The smallest absolute Gasteiger partial charge is 0.258 e. The summed E-state index contributed by atoms with van der Waals surface area (Å²) >= 11 is 0. The van der Waals surface area contributed by atoms with Crippen molar-refractivity contribution in [2.75, 3.05) is 57.7 Å². The Hall–Kier alpha value is -3.43. The standard InChI is InChI=1S/C30H39N5O4/c1-22(36)32-16-18-33(19-17-32)28(37)23-8-10-25(11-9-23)31-26-20-35(21-26)27-12-14-34(15-13-27)29(38)30(2,39)24-6-4-3-5-7-24/h3-11,26-27,31,39H,12-21H2,1-2H3. The number of carbonyl (C=O) groups excluding carboxylic acids is 3. The van der Waals surface area contributed by atoms with Gasteiger partial charge in [-0.05, 0) is 49.6 Å². The predicted molar refractivity (Wildman–Crippen MR) is 149 cm³/mol. The van der Waals surface area contributed by atoms with Crippen LogP contribution in [-0.2, 0) is 15.2 Å². The number of hydrogen-bond donors (Lipinski definition) is 2. The molecule has 9 nitrogen and oxygen atoms in total. The van der Waals surface area contributed by atoms with Crippen molar-refractivity contribution in [3.63, 3.8) is 0 Å². The van der Waals surface area contributed by atoms with Crippen LogP contribution in [0.2, 0.25) is 0 Å². The van der Waals surface area contributed by atoms with Crippen LogP contribution >= 0.6 is 0 Å². The van der Waals surface area contributed by atoms with Crippen molar-refractivity contribution < 1.29 is 19.5 Å². The molecule has 1 atom stereocenters.